The Labute approximate surface area is 228 Å². The summed E-state index contributed by atoms with van der Waals surface area (Å²) < 4.78 is 5.11. The fourth-order valence-electron chi connectivity index (χ4n) is 3.04. The molecule has 12 heteroatoms. The summed E-state index contributed by atoms with van der Waals surface area (Å²) in [5.74, 6) is -2.17. The van der Waals surface area contributed by atoms with Gasteiger partial charge < -0.3 is 26.0 Å². The molecule has 0 aliphatic carbocycles. The molecule has 0 aliphatic heterocycles. The molecule has 10 nitrogen and oxygen atoms in total. The van der Waals surface area contributed by atoms with Gasteiger partial charge in [-0.1, -0.05) is 26.0 Å². The lowest BCUT2D eigenvalue weighted by atomic mass is 10.0. The van der Waals surface area contributed by atoms with Crippen LogP contribution >= 0.6 is 24.2 Å². The molecule has 1 aromatic carbocycles. The van der Waals surface area contributed by atoms with E-state index in [-0.39, 0.29) is 36.6 Å². The highest BCUT2D eigenvalue weighted by Gasteiger charge is 2.27. The number of benzene rings is 1. The van der Waals surface area contributed by atoms with Crippen LogP contribution in [0.15, 0.2) is 24.3 Å². The highest BCUT2D eigenvalue weighted by atomic mass is 35.5. The largest absolute Gasteiger partial charge is 0.460 e. The van der Waals surface area contributed by atoms with Crippen LogP contribution < -0.4 is 21.3 Å². The van der Waals surface area contributed by atoms with Gasteiger partial charge in [0.25, 0.3) is 0 Å². The van der Waals surface area contributed by atoms with Gasteiger partial charge in [-0.2, -0.15) is 12.6 Å². The number of nitrogens with one attached hydrogen (secondary N) is 4. The predicted octanol–water partition coefficient (Wildman–Crippen LogP) is 2.16. The number of anilines is 1. The average Bonchev–Trinajstić information content (AvgIpc) is 2.85. The molecule has 3 atom stereocenters. The molecule has 0 aliphatic rings. The lowest BCUT2D eigenvalue weighted by molar-refractivity contribution is -0.143. The normalized spacial score (nSPS) is 13.2. The SMILES string of the molecule is CC(S)C(=O)OCc1ccc(NC(=O)[C@@H](C)NC(=O)[C@H](NC(=O)CCCCNC(=O)CCl)C(C)C)cc1. The van der Waals surface area contributed by atoms with E-state index in [1.807, 2.05) is 0 Å². The predicted molar refractivity (Wildman–Crippen MR) is 145 cm³/mol. The van der Waals surface area contributed by atoms with E-state index in [1.165, 1.54) is 0 Å². The van der Waals surface area contributed by atoms with Crippen LogP contribution in [0.5, 0.6) is 0 Å². The molecule has 37 heavy (non-hydrogen) atoms. The van der Waals surface area contributed by atoms with Crippen molar-refractivity contribution in [1.29, 1.82) is 0 Å². The molecule has 1 rings (SSSR count). The Morgan fingerprint density at radius 3 is 2.14 bits per heavy atom. The van der Waals surface area contributed by atoms with Crippen molar-refractivity contribution >= 4 is 59.5 Å². The van der Waals surface area contributed by atoms with Gasteiger partial charge in [-0.25, -0.2) is 0 Å². The lowest BCUT2D eigenvalue weighted by Crippen LogP contribution is -2.53. The van der Waals surface area contributed by atoms with Crippen molar-refractivity contribution in [1.82, 2.24) is 16.0 Å². The van der Waals surface area contributed by atoms with Crippen LogP contribution in [0.1, 0.15) is 52.5 Å². The van der Waals surface area contributed by atoms with Crippen LogP contribution in [0.4, 0.5) is 5.69 Å². The zero-order valence-electron chi connectivity index (χ0n) is 21.6. The van der Waals surface area contributed by atoms with Gasteiger partial charge in [0, 0.05) is 18.7 Å². The van der Waals surface area contributed by atoms with Crippen LogP contribution in [0.25, 0.3) is 0 Å². The summed E-state index contributed by atoms with van der Waals surface area (Å²) in [5.41, 5.74) is 1.26. The van der Waals surface area contributed by atoms with Crippen LogP contribution in [0.3, 0.4) is 0 Å². The van der Waals surface area contributed by atoms with Gasteiger partial charge in [0.1, 0.15) is 24.6 Å². The summed E-state index contributed by atoms with van der Waals surface area (Å²) in [6.45, 7) is 7.28. The Hall–Kier alpha value is -2.79. The maximum Gasteiger partial charge on any atom is 0.318 e. The second kappa shape index (κ2) is 16.9. The first kappa shape index (κ1) is 32.2. The van der Waals surface area contributed by atoms with Crippen LogP contribution in [-0.4, -0.2) is 59.4 Å². The smallest absolute Gasteiger partial charge is 0.318 e. The molecule has 0 radical (unpaired) electrons. The number of unbranched alkanes of at least 4 members (excludes halogenated alkanes) is 1. The Bertz CT molecular complexity index is 926. The van der Waals surface area contributed by atoms with Crippen LogP contribution in [-0.2, 0) is 35.3 Å². The van der Waals surface area contributed by atoms with Crippen LogP contribution in [0, 0.1) is 5.92 Å². The standard InChI is InChI=1S/C25H37ClN4O6S/c1-15(2)22(30-20(31)7-5-6-12-27-21(32)13-26)24(34)28-16(3)23(33)29-19-10-8-18(9-11-19)14-36-25(35)17(4)37/h8-11,15-17,22,37H,5-7,12-14H2,1-4H3,(H,27,32)(H,28,34)(H,29,33)(H,30,31)/t16-,17?,22-/m1/s1. The summed E-state index contributed by atoms with van der Waals surface area (Å²) in [6, 6.07) is 5.10. The molecule has 0 saturated carbocycles. The molecule has 0 fully saturated rings. The number of halogens is 1. The van der Waals surface area contributed by atoms with Gasteiger partial charge in [-0.05, 0) is 50.3 Å². The van der Waals surface area contributed by atoms with Crippen LogP contribution in [0.2, 0.25) is 0 Å². The van der Waals surface area contributed by atoms with Crippen molar-refractivity contribution in [2.75, 3.05) is 17.7 Å². The van der Waals surface area contributed by atoms with Gasteiger partial charge in [-0.15, -0.1) is 11.6 Å². The Balaban J connectivity index is 2.52. The quantitative estimate of drug-likeness (QED) is 0.0969. The number of alkyl halides is 1. The van der Waals surface area contributed by atoms with E-state index in [2.05, 4.69) is 33.9 Å². The van der Waals surface area contributed by atoms with E-state index >= 15 is 0 Å². The van der Waals surface area contributed by atoms with Gasteiger partial charge in [0.15, 0.2) is 0 Å². The number of carbonyl (C=O) groups is 5. The number of amides is 4. The molecule has 206 valence electrons. The molecule has 4 amide bonds. The number of esters is 1. The third-order valence-corrected chi connectivity index (χ3v) is 5.69. The topological polar surface area (TPSA) is 143 Å². The van der Waals surface area contributed by atoms with Crippen molar-refractivity contribution in [2.24, 2.45) is 5.92 Å². The number of hydrogen-bond donors (Lipinski definition) is 5. The zero-order valence-corrected chi connectivity index (χ0v) is 23.3. The summed E-state index contributed by atoms with van der Waals surface area (Å²) in [5, 5.41) is 10.2. The third-order valence-electron chi connectivity index (χ3n) is 5.24. The second-order valence-corrected chi connectivity index (χ2v) is 9.97. The average molecular weight is 557 g/mol. The van der Waals surface area contributed by atoms with Gasteiger partial charge >= 0.3 is 5.97 Å². The van der Waals surface area contributed by atoms with E-state index in [1.54, 1.807) is 52.0 Å². The van der Waals surface area contributed by atoms with Crippen molar-refractivity contribution in [3.63, 3.8) is 0 Å². The summed E-state index contributed by atoms with van der Waals surface area (Å²) in [4.78, 5) is 60.3. The number of carbonyl (C=O) groups excluding carboxylic acids is 5. The third kappa shape index (κ3) is 12.8. The first-order chi connectivity index (χ1) is 17.4. The minimum Gasteiger partial charge on any atom is -0.460 e. The first-order valence-electron chi connectivity index (χ1n) is 12.1. The molecular weight excluding hydrogens is 520 g/mol. The Morgan fingerprint density at radius 1 is 0.919 bits per heavy atom. The van der Waals surface area contributed by atoms with Crippen molar-refractivity contribution in [3.8, 4) is 0 Å². The highest BCUT2D eigenvalue weighted by Crippen LogP contribution is 2.12. The molecule has 1 unspecified atom stereocenters. The maximum atomic E-state index is 12.8. The van der Waals surface area contributed by atoms with Crippen molar-refractivity contribution in [3.05, 3.63) is 29.8 Å². The fourth-order valence-corrected chi connectivity index (χ4v) is 3.21. The maximum absolute atomic E-state index is 12.8. The minimum absolute atomic E-state index is 0.0946. The minimum atomic E-state index is -0.853. The van der Waals surface area contributed by atoms with E-state index in [4.69, 9.17) is 16.3 Å². The summed E-state index contributed by atoms with van der Waals surface area (Å²) in [6.07, 6.45) is 1.34. The van der Waals surface area contributed by atoms with E-state index in [9.17, 15) is 24.0 Å². The molecule has 0 heterocycles. The highest BCUT2D eigenvalue weighted by molar-refractivity contribution is 7.81. The first-order valence-corrected chi connectivity index (χ1v) is 13.2. The molecule has 4 N–H and O–H groups in total. The van der Waals surface area contributed by atoms with E-state index in [0.717, 1.165) is 5.56 Å². The number of hydrogen-bond acceptors (Lipinski definition) is 7. The zero-order chi connectivity index (χ0) is 28.0. The fraction of sp³-hybridized carbons (Fsp3) is 0.560. The number of thiol groups is 1. The summed E-state index contributed by atoms with van der Waals surface area (Å²) >= 11 is 9.42. The van der Waals surface area contributed by atoms with Gasteiger partial charge in [-0.3, -0.25) is 24.0 Å². The molecule has 1 aromatic rings. The van der Waals surface area contributed by atoms with Crippen molar-refractivity contribution in [2.45, 2.75) is 70.9 Å². The Morgan fingerprint density at radius 2 is 1.57 bits per heavy atom. The molecule has 0 aromatic heterocycles. The molecule has 0 bridgehead atoms. The monoisotopic (exact) mass is 556 g/mol. The number of ether oxygens (including phenoxy) is 1. The van der Waals surface area contributed by atoms with E-state index < -0.39 is 35.1 Å². The van der Waals surface area contributed by atoms with Crippen molar-refractivity contribution < 1.29 is 28.7 Å². The lowest BCUT2D eigenvalue weighted by Gasteiger charge is -2.24. The second-order valence-electron chi connectivity index (χ2n) is 8.93. The van der Waals surface area contributed by atoms with Gasteiger partial charge in [0.2, 0.25) is 23.6 Å². The van der Waals surface area contributed by atoms with Gasteiger partial charge in [0.05, 0.1) is 5.25 Å². The summed E-state index contributed by atoms with van der Waals surface area (Å²) in [7, 11) is 0. The molecular formula is C25H37ClN4O6S. The molecule has 0 saturated heterocycles. The Kier molecular flexibility index (Phi) is 14.7. The van der Waals surface area contributed by atoms with E-state index in [0.29, 0.717) is 25.1 Å². The number of rotatable bonds is 15. The molecule has 0 spiro atoms.